The summed E-state index contributed by atoms with van der Waals surface area (Å²) in [7, 11) is 0. The molecule has 0 bridgehead atoms. The molecule has 1 amide bonds. The van der Waals surface area contributed by atoms with Gasteiger partial charge in [-0.25, -0.2) is 0 Å². The summed E-state index contributed by atoms with van der Waals surface area (Å²) < 4.78 is 0. The van der Waals surface area contributed by atoms with E-state index in [2.05, 4.69) is 10.3 Å². The van der Waals surface area contributed by atoms with Crippen LogP contribution in [0.1, 0.15) is 36.8 Å². The Labute approximate surface area is 108 Å². The van der Waals surface area contributed by atoms with Crippen LogP contribution in [0.3, 0.4) is 0 Å². The molecule has 0 atom stereocenters. The van der Waals surface area contributed by atoms with Crippen LogP contribution in [0, 0.1) is 12.3 Å². The SMILES string of the molecule is Cc1ccncc1CNC(=O)C1(CN)CCCC1. The molecule has 4 nitrogen and oxygen atoms in total. The third-order valence-electron chi connectivity index (χ3n) is 4.02. The number of nitrogens with two attached hydrogens (primary N) is 1. The minimum atomic E-state index is -0.323. The molecule has 0 aliphatic heterocycles. The van der Waals surface area contributed by atoms with Crippen LogP contribution in [0.2, 0.25) is 0 Å². The molecule has 1 fully saturated rings. The van der Waals surface area contributed by atoms with Crippen molar-refractivity contribution in [1.82, 2.24) is 10.3 Å². The van der Waals surface area contributed by atoms with E-state index in [-0.39, 0.29) is 11.3 Å². The second-order valence-electron chi connectivity index (χ2n) is 5.18. The number of rotatable bonds is 4. The summed E-state index contributed by atoms with van der Waals surface area (Å²) in [4.78, 5) is 16.4. The second kappa shape index (κ2) is 5.48. The number of nitrogens with one attached hydrogen (secondary N) is 1. The molecule has 1 aromatic heterocycles. The highest BCUT2D eigenvalue weighted by Gasteiger charge is 2.39. The van der Waals surface area contributed by atoms with Crippen molar-refractivity contribution in [2.45, 2.75) is 39.2 Å². The number of carbonyl (C=O) groups is 1. The lowest BCUT2D eigenvalue weighted by atomic mass is 9.85. The van der Waals surface area contributed by atoms with E-state index >= 15 is 0 Å². The van der Waals surface area contributed by atoms with Crippen LogP contribution in [-0.2, 0) is 11.3 Å². The fourth-order valence-corrected chi connectivity index (χ4v) is 2.62. The van der Waals surface area contributed by atoms with Crippen LogP contribution in [0.4, 0.5) is 0 Å². The number of aromatic nitrogens is 1. The molecule has 1 aromatic rings. The number of nitrogens with zero attached hydrogens (tertiary/aromatic N) is 1. The summed E-state index contributed by atoms with van der Waals surface area (Å²) in [5.41, 5.74) is 7.69. The quantitative estimate of drug-likeness (QED) is 0.847. The summed E-state index contributed by atoms with van der Waals surface area (Å²) in [6, 6.07) is 1.95. The van der Waals surface area contributed by atoms with E-state index in [1.807, 2.05) is 13.0 Å². The highest BCUT2D eigenvalue weighted by Crippen LogP contribution is 2.37. The van der Waals surface area contributed by atoms with Gasteiger partial charge in [0.05, 0.1) is 5.41 Å². The maximum absolute atomic E-state index is 12.3. The number of hydrogen-bond donors (Lipinski definition) is 2. The zero-order chi connectivity index (χ0) is 13.0. The van der Waals surface area contributed by atoms with Crippen molar-refractivity contribution in [2.24, 2.45) is 11.1 Å². The summed E-state index contributed by atoms with van der Waals surface area (Å²) in [5, 5.41) is 3.01. The Morgan fingerprint density at radius 3 is 2.83 bits per heavy atom. The molecule has 1 saturated carbocycles. The summed E-state index contributed by atoms with van der Waals surface area (Å²) in [5.74, 6) is 0.103. The Balaban J connectivity index is 1.98. The van der Waals surface area contributed by atoms with Gasteiger partial charge in [0.1, 0.15) is 0 Å². The highest BCUT2D eigenvalue weighted by molar-refractivity contribution is 5.83. The number of aryl methyl sites for hydroxylation is 1. The largest absolute Gasteiger partial charge is 0.351 e. The third kappa shape index (κ3) is 2.53. The van der Waals surface area contributed by atoms with Crippen LogP contribution in [0.5, 0.6) is 0 Å². The van der Waals surface area contributed by atoms with Crippen molar-refractivity contribution in [1.29, 1.82) is 0 Å². The average Bonchev–Trinajstić information content (AvgIpc) is 2.87. The molecule has 0 radical (unpaired) electrons. The van der Waals surface area contributed by atoms with Gasteiger partial charge in [0.25, 0.3) is 0 Å². The second-order valence-corrected chi connectivity index (χ2v) is 5.18. The Hall–Kier alpha value is -1.42. The third-order valence-corrected chi connectivity index (χ3v) is 4.02. The van der Waals surface area contributed by atoms with E-state index in [0.29, 0.717) is 13.1 Å². The molecule has 0 unspecified atom stereocenters. The Bertz CT molecular complexity index is 425. The van der Waals surface area contributed by atoms with Crippen molar-refractivity contribution in [2.75, 3.05) is 6.54 Å². The predicted octanol–water partition coefficient (Wildman–Crippen LogP) is 1.53. The van der Waals surface area contributed by atoms with Crippen molar-refractivity contribution in [3.8, 4) is 0 Å². The topological polar surface area (TPSA) is 68.0 Å². The highest BCUT2D eigenvalue weighted by atomic mass is 16.2. The van der Waals surface area contributed by atoms with Crippen LogP contribution < -0.4 is 11.1 Å². The lowest BCUT2D eigenvalue weighted by Gasteiger charge is -2.25. The van der Waals surface area contributed by atoms with E-state index in [9.17, 15) is 4.79 Å². The zero-order valence-electron chi connectivity index (χ0n) is 10.9. The molecule has 98 valence electrons. The molecule has 0 aromatic carbocycles. The molecule has 18 heavy (non-hydrogen) atoms. The van der Waals surface area contributed by atoms with Crippen molar-refractivity contribution in [3.05, 3.63) is 29.6 Å². The predicted molar refractivity (Wildman–Crippen MR) is 70.8 cm³/mol. The molecule has 4 heteroatoms. The standard InChI is InChI=1S/C14H21N3O/c1-11-4-7-16-8-12(11)9-17-13(18)14(10-15)5-2-3-6-14/h4,7-8H,2-3,5-6,9-10,15H2,1H3,(H,17,18). The van der Waals surface area contributed by atoms with Crippen LogP contribution >= 0.6 is 0 Å². The molecule has 1 aliphatic carbocycles. The number of amides is 1. The number of pyridine rings is 1. The van der Waals surface area contributed by atoms with Crippen molar-refractivity contribution >= 4 is 5.91 Å². The van der Waals surface area contributed by atoms with Gasteiger partial charge < -0.3 is 11.1 Å². The van der Waals surface area contributed by atoms with Crippen LogP contribution in [0.15, 0.2) is 18.5 Å². The first-order chi connectivity index (χ1) is 8.68. The molecule has 0 spiro atoms. The first kappa shape index (κ1) is 13.0. The van der Waals surface area contributed by atoms with Crippen molar-refractivity contribution in [3.63, 3.8) is 0 Å². The summed E-state index contributed by atoms with van der Waals surface area (Å²) in [6.07, 6.45) is 7.62. The van der Waals surface area contributed by atoms with Gasteiger partial charge in [-0.05, 0) is 37.0 Å². The first-order valence-electron chi connectivity index (χ1n) is 6.56. The van der Waals surface area contributed by atoms with Gasteiger partial charge in [-0.3, -0.25) is 9.78 Å². The van der Waals surface area contributed by atoms with Crippen LogP contribution in [0.25, 0.3) is 0 Å². The minimum Gasteiger partial charge on any atom is -0.351 e. The van der Waals surface area contributed by atoms with Gasteiger partial charge in [0.15, 0.2) is 0 Å². The smallest absolute Gasteiger partial charge is 0.227 e. The van der Waals surface area contributed by atoms with Gasteiger partial charge >= 0.3 is 0 Å². The molecule has 3 N–H and O–H groups in total. The Morgan fingerprint density at radius 1 is 1.50 bits per heavy atom. The van der Waals surface area contributed by atoms with E-state index in [0.717, 1.165) is 36.8 Å². The zero-order valence-corrected chi connectivity index (χ0v) is 10.9. The molecule has 0 saturated heterocycles. The van der Waals surface area contributed by atoms with Gasteiger partial charge in [-0.2, -0.15) is 0 Å². The van der Waals surface area contributed by atoms with E-state index in [1.54, 1.807) is 12.4 Å². The lowest BCUT2D eigenvalue weighted by molar-refractivity contribution is -0.130. The van der Waals surface area contributed by atoms with Gasteiger partial charge in [-0.15, -0.1) is 0 Å². The molecule has 1 aliphatic rings. The molecule has 2 rings (SSSR count). The fraction of sp³-hybridized carbons (Fsp3) is 0.571. The molecule has 1 heterocycles. The van der Waals surface area contributed by atoms with Crippen molar-refractivity contribution < 1.29 is 4.79 Å². The van der Waals surface area contributed by atoms with Gasteiger partial charge in [-0.1, -0.05) is 12.8 Å². The lowest BCUT2D eigenvalue weighted by Crippen LogP contribution is -2.43. The number of carbonyl (C=O) groups excluding carboxylic acids is 1. The summed E-state index contributed by atoms with van der Waals surface area (Å²) in [6.45, 7) is 3.02. The maximum Gasteiger partial charge on any atom is 0.227 e. The monoisotopic (exact) mass is 247 g/mol. The fourth-order valence-electron chi connectivity index (χ4n) is 2.62. The number of hydrogen-bond acceptors (Lipinski definition) is 3. The van der Waals surface area contributed by atoms with Gasteiger partial charge in [0.2, 0.25) is 5.91 Å². The molecular formula is C14H21N3O. The molecular weight excluding hydrogens is 226 g/mol. The summed E-state index contributed by atoms with van der Waals surface area (Å²) >= 11 is 0. The van der Waals surface area contributed by atoms with E-state index in [1.165, 1.54) is 0 Å². The van der Waals surface area contributed by atoms with E-state index < -0.39 is 0 Å². The average molecular weight is 247 g/mol. The van der Waals surface area contributed by atoms with Crippen LogP contribution in [-0.4, -0.2) is 17.4 Å². The maximum atomic E-state index is 12.3. The Morgan fingerprint density at radius 2 is 2.22 bits per heavy atom. The van der Waals surface area contributed by atoms with Gasteiger partial charge in [0, 0.05) is 25.5 Å². The van der Waals surface area contributed by atoms with E-state index in [4.69, 9.17) is 5.73 Å². The normalized spacial score (nSPS) is 17.7. The minimum absolute atomic E-state index is 0.103. The Kier molecular flexibility index (Phi) is 3.97. The first-order valence-corrected chi connectivity index (χ1v) is 6.56.